The third kappa shape index (κ3) is 6.75. The minimum absolute atomic E-state index is 0.0483. The summed E-state index contributed by atoms with van der Waals surface area (Å²) in [6.07, 6.45) is -5.64. The number of nitrogens with one attached hydrogen (secondary N) is 2. The lowest BCUT2D eigenvalue weighted by Crippen LogP contribution is -2.55. The van der Waals surface area contributed by atoms with E-state index in [0.29, 0.717) is 17.2 Å². The molecule has 4 rings (SSSR count). The van der Waals surface area contributed by atoms with Crippen LogP contribution in [-0.2, 0) is 24.6 Å². The fourth-order valence-electron chi connectivity index (χ4n) is 4.45. The highest BCUT2D eigenvalue weighted by atomic mass is 35.5. The molecule has 0 spiro atoms. The summed E-state index contributed by atoms with van der Waals surface area (Å²) in [6, 6.07) is 21.3. The van der Waals surface area contributed by atoms with Crippen LogP contribution in [0.4, 0.5) is 22.4 Å². The third-order valence-electron chi connectivity index (χ3n) is 6.19. The van der Waals surface area contributed by atoms with Crippen LogP contribution < -0.4 is 15.7 Å². The normalized spacial score (nSPS) is 12.8. The molecule has 0 saturated carbocycles. The van der Waals surface area contributed by atoms with E-state index >= 15 is 4.39 Å². The summed E-state index contributed by atoms with van der Waals surface area (Å²) in [5.74, 6) is -0.937. The van der Waals surface area contributed by atoms with Crippen LogP contribution in [0, 0.1) is 5.82 Å². The molecule has 0 saturated heterocycles. The second kappa shape index (κ2) is 12.0. The summed E-state index contributed by atoms with van der Waals surface area (Å²) in [6.45, 7) is 0. The highest BCUT2D eigenvalue weighted by Crippen LogP contribution is 2.40. The van der Waals surface area contributed by atoms with Gasteiger partial charge in [0.2, 0.25) is 0 Å². The van der Waals surface area contributed by atoms with Crippen LogP contribution in [0.15, 0.2) is 91.1 Å². The summed E-state index contributed by atoms with van der Waals surface area (Å²) in [4.78, 5) is 15.6. The van der Waals surface area contributed by atoms with Crippen molar-refractivity contribution in [1.29, 1.82) is 0 Å². The van der Waals surface area contributed by atoms with Gasteiger partial charge >= 0.3 is 6.18 Å². The minimum Gasteiger partial charge on any atom is -0.530 e. The Hall–Kier alpha value is -4.02. The highest BCUT2D eigenvalue weighted by molar-refractivity contribution is 7.80. The maximum absolute atomic E-state index is 16.5. The molecule has 0 radical (unpaired) electrons. The van der Waals surface area contributed by atoms with E-state index in [-0.39, 0.29) is 29.1 Å². The summed E-state index contributed by atoms with van der Waals surface area (Å²) in [7, 11) is 0. The molecule has 0 aliphatic heterocycles. The molecule has 0 aliphatic carbocycles. The number of alkyl halides is 3. The first-order valence-corrected chi connectivity index (χ1v) is 12.7. The van der Waals surface area contributed by atoms with Gasteiger partial charge in [-0.3, -0.25) is 4.98 Å². The van der Waals surface area contributed by atoms with Crippen molar-refractivity contribution in [1.82, 2.24) is 15.6 Å². The Balaban J connectivity index is 2.04. The van der Waals surface area contributed by atoms with Crippen molar-refractivity contribution in [2.24, 2.45) is 0 Å². The van der Waals surface area contributed by atoms with Crippen molar-refractivity contribution in [2.45, 2.75) is 24.6 Å². The van der Waals surface area contributed by atoms with E-state index in [4.69, 9.17) is 23.8 Å². The maximum atomic E-state index is 16.5. The van der Waals surface area contributed by atoms with Gasteiger partial charge in [-0.15, -0.1) is 0 Å². The van der Waals surface area contributed by atoms with Crippen molar-refractivity contribution in [3.8, 4) is 0 Å². The van der Waals surface area contributed by atoms with Gasteiger partial charge in [-0.1, -0.05) is 72.3 Å². The Morgan fingerprint density at radius 1 is 0.950 bits per heavy atom. The van der Waals surface area contributed by atoms with E-state index in [1.54, 1.807) is 60.7 Å². The summed E-state index contributed by atoms with van der Waals surface area (Å²) in [5.41, 5.74) is -2.45. The molecular formula is C29H21ClF4N3O2S-. The van der Waals surface area contributed by atoms with Crippen molar-refractivity contribution in [3.05, 3.63) is 135 Å². The summed E-state index contributed by atoms with van der Waals surface area (Å²) >= 11 is 11.2. The summed E-state index contributed by atoms with van der Waals surface area (Å²) < 4.78 is 59.2. The molecule has 1 heterocycles. The van der Waals surface area contributed by atoms with Crippen molar-refractivity contribution < 1.29 is 27.5 Å². The Kier molecular flexibility index (Phi) is 8.70. The van der Waals surface area contributed by atoms with Crippen LogP contribution in [0.2, 0.25) is 5.02 Å². The van der Waals surface area contributed by atoms with E-state index in [1.165, 1.54) is 18.3 Å². The molecule has 4 aromatic rings. The van der Waals surface area contributed by atoms with Crippen molar-refractivity contribution >= 4 is 35.0 Å². The Morgan fingerprint density at radius 3 is 2.12 bits per heavy atom. The lowest BCUT2D eigenvalue weighted by Gasteiger charge is -2.37. The van der Waals surface area contributed by atoms with Crippen LogP contribution in [0.3, 0.4) is 0 Å². The van der Waals surface area contributed by atoms with E-state index in [1.807, 2.05) is 5.32 Å². The van der Waals surface area contributed by atoms with Gasteiger partial charge in [-0.2, -0.15) is 13.2 Å². The maximum Gasteiger partial charge on any atom is 0.416 e. The predicted molar refractivity (Wildman–Crippen MR) is 145 cm³/mol. The van der Waals surface area contributed by atoms with Gasteiger partial charge in [0.25, 0.3) is 0 Å². The number of rotatable bonds is 7. The molecule has 1 unspecified atom stereocenters. The number of carboxylic acid groups (broad SMARTS) is 1. The zero-order chi connectivity index (χ0) is 28.9. The molecule has 206 valence electrons. The number of pyridine rings is 1. The highest BCUT2D eigenvalue weighted by Gasteiger charge is 2.42. The average molecular weight is 587 g/mol. The number of carbonyl (C=O) groups is 1. The Morgan fingerprint density at radius 2 is 1.57 bits per heavy atom. The van der Waals surface area contributed by atoms with Gasteiger partial charge in [0.1, 0.15) is 17.4 Å². The smallest absolute Gasteiger partial charge is 0.416 e. The first-order chi connectivity index (χ1) is 19.0. The van der Waals surface area contributed by atoms with Crippen LogP contribution >= 0.6 is 23.8 Å². The van der Waals surface area contributed by atoms with E-state index in [2.05, 4.69) is 10.3 Å². The van der Waals surface area contributed by atoms with E-state index < -0.39 is 39.9 Å². The van der Waals surface area contributed by atoms with Crippen LogP contribution in [0.25, 0.3) is 0 Å². The number of benzene rings is 3. The standard InChI is InChI=1S/C29H22ClF4N3O2S/c30-22-11-12-24(35-17-22)28(37-26(40)36-27(38)39,16-19-9-5-2-6-10-19)23-15-21(29(32,33)34)14-20(25(23)31)13-18-7-3-1-4-8-18/h1-12,14-15,17H,13,16H2,(H,38,39)(H2,36,37,40)/p-1. The molecule has 1 aromatic heterocycles. The molecule has 11 heteroatoms. The Bertz CT molecular complexity index is 1500. The number of nitrogens with zero attached hydrogens (tertiary/aromatic N) is 1. The van der Waals surface area contributed by atoms with Crippen LogP contribution in [0.1, 0.15) is 33.5 Å². The fraction of sp³-hybridized carbons (Fsp3) is 0.138. The lowest BCUT2D eigenvalue weighted by molar-refractivity contribution is -0.248. The van der Waals surface area contributed by atoms with Gasteiger partial charge in [0.05, 0.1) is 16.3 Å². The topological polar surface area (TPSA) is 77.1 Å². The van der Waals surface area contributed by atoms with Gasteiger partial charge in [-0.05, 0) is 53.2 Å². The zero-order valence-electron chi connectivity index (χ0n) is 20.6. The number of aromatic nitrogens is 1. The minimum atomic E-state index is -4.83. The van der Waals surface area contributed by atoms with E-state index in [0.717, 1.165) is 6.07 Å². The zero-order valence-corrected chi connectivity index (χ0v) is 22.2. The second-order valence-corrected chi connectivity index (χ2v) is 9.80. The number of hydrogen-bond acceptors (Lipinski definition) is 4. The third-order valence-corrected chi connectivity index (χ3v) is 6.62. The van der Waals surface area contributed by atoms with E-state index in [9.17, 15) is 23.1 Å². The van der Waals surface area contributed by atoms with Gasteiger partial charge in [-0.25, -0.2) is 4.39 Å². The molecular weight excluding hydrogens is 566 g/mol. The number of amides is 1. The van der Waals surface area contributed by atoms with Crippen molar-refractivity contribution in [3.63, 3.8) is 0 Å². The molecule has 1 atom stereocenters. The molecule has 0 fully saturated rings. The molecule has 1 amide bonds. The monoisotopic (exact) mass is 586 g/mol. The lowest BCUT2D eigenvalue weighted by atomic mass is 9.78. The van der Waals surface area contributed by atoms with Gasteiger partial charge in [0.15, 0.2) is 5.11 Å². The number of halogens is 5. The van der Waals surface area contributed by atoms with Crippen molar-refractivity contribution in [2.75, 3.05) is 0 Å². The first-order valence-electron chi connectivity index (χ1n) is 11.9. The largest absolute Gasteiger partial charge is 0.530 e. The SMILES string of the molecule is O=C([O-])NC(=S)NC(Cc1ccccc1)(c1ccc(Cl)cn1)c1cc(C(F)(F)F)cc(Cc2ccccc2)c1F. The van der Waals surface area contributed by atoms with Gasteiger partial charge in [0, 0.05) is 24.6 Å². The first kappa shape index (κ1) is 29.0. The molecule has 5 nitrogen and oxygen atoms in total. The average Bonchev–Trinajstić information content (AvgIpc) is 2.90. The Labute approximate surface area is 237 Å². The van der Waals surface area contributed by atoms with Crippen LogP contribution in [-0.4, -0.2) is 16.2 Å². The quantitative estimate of drug-likeness (QED) is 0.212. The second-order valence-electron chi connectivity index (χ2n) is 8.95. The van der Waals surface area contributed by atoms with Crippen LogP contribution in [0.5, 0.6) is 0 Å². The summed E-state index contributed by atoms with van der Waals surface area (Å²) in [5, 5.41) is 15.6. The number of hydrogen-bond donors (Lipinski definition) is 2. The molecule has 0 aliphatic rings. The predicted octanol–water partition coefficient (Wildman–Crippen LogP) is 5.78. The molecule has 40 heavy (non-hydrogen) atoms. The molecule has 0 bridgehead atoms. The fourth-order valence-corrected chi connectivity index (χ4v) is 4.82. The van der Waals surface area contributed by atoms with Gasteiger partial charge < -0.3 is 20.5 Å². The molecule has 2 N–H and O–H groups in total. The number of thiocarbonyl (C=S) groups is 1. The molecule has 3 aromatic carbocycles. The number of carbonyl (C=O) groups excluding carboxylic acids is 1.